The third-order valence-corrected chi connectivity index (χ3v) is 2.69. The third kappa shape index (κ3) is 3.93. The predicted octanol–water partition coefficient (Wildman–Crippen LogP) is 1.12. The molecule has 1 aromatic heterocycles. The van der Waals surface area contributed by atoms with E-state index in [-0.39, 0.29) is 0 Å². The fourth-order valence-electron chi connectivity index (χ4n) is 1.34. The van der Waals surface area contributed by atoms with Gasteiger partial charge in [-0.25, -0.2) is 0 Å². The highest BCUT2D eigenvalue weighted by molar-refractivity contribution is 4.94. The normalized spacial score (nSPS) is 11.7. The van der Waals surface area contributed by atoms with Crippen molar-refractivity contribution in [1.29, 1.82) is 0 Å². The lowest BCUT2D eigenvalue weighted by atomic mass is 9.98. The predicted molar refractivity (Wildman–Crippen MR) is 59.3 cm³/mol. The van der Waals surface area contributed by atoms with E-state index in [0.717, 1.165) is 18.5 Å². The number of hydrogen-bond acceptors (Lipinski definition) is 4. The SMILES string of the molecule is CCC(O)(CC)CNCc1cnccn1. The molecule has 0 fully saturated rings. The first-order valence-corrected chi connectivity index (χ1v) is 5.38. The van der Waals surface area contributed by atoms with Gasteiger partial charge in [-0.15, -0.1) is 0 Å². The summed E-state index contributed by atoms with van der Waals surface area (Å²) in [7, 11) is 0. The first-order valence-electron chi connectivity index (χ1n) is 5.38. The van der Waals surface area contributed by atoms with Crippen molar-refractivity contribution in [1.82, 2.24) is 15.3 Å². The lowest BCUT2D eigenvalue weighted by Crippen LogP contribution is -2.39. The van der Waals surface area contributed by atoms with Crippen LogP contribution in [0.2, 0.25) is 0 Å². The van der Waals surface area contributed by atoms with Crippen LogP contribution < -0.4 is 5.32 Å². The number of aliphatic hydroxyl groups is 1. The van der Waals surface area contributed by atoms with Gasteiger partial charge >= 0.3 is 0 Å². The van der Waals surface area contributed by atoms with Crippen LogP contribution in [0.3, 0.4) is 0 Å². The summed E-state index contributed by atoms with van der Waals surface area (Å²) in [5.74, 6) is 0. The minimum Gasteiger partial charge on any atom is -0.389 e. The lowest BCUT2D eigenvalue weighted by Gasteiger charge is -2.25. The van der Waals surface area contributed by atoms with Crippen molar-refractivity contribution >= 4 is 0 Å². The zero-order valence-corrected chi connectivity index (χ0v) is 9.40. The molecule has 4 heteroatoms. The maximum Gasteiger partial charge on any atom is 0.0766 e. The molecule has 0 aromatic carbocycles. The van der Waals surface area contributed by atoms with Gasteiger partial charge in [-0.3, -0.25) is 9.97 Å². The van der Waals surface area contributed by atoms with Crippen molar-refractivity contribution in [2.45, 2.75) is 38.8 Å². The molecule has 1 heterocycles. The van der Waals surface area contributed by atoms with Crippen LogP contribution in [0.25, 0.3) is 0 Å². The number of aromatic nitrogens is 2. The van der Waals surface area contributed by atoms with E-state index in [9.17, 15) is 5.11 Å². The minimum absolute atomic E-state index is 0.594. The van der Waals surface area contributed by atoms with Gasteiger partial charge in [0.15, 0.2) is 0 Å². The molecule has 0 atom stereocenters. The van der Waals surface area contributed by atoms with Gasteiger partial charge in [-0.05, 0) is 12.8 Å². The minimum atomic E-state index is -0.595. The Balaban J connectivity index is 2.33. The van der Waals surface area contributed by atoms with Crippen molar-refractivity contribution in [3.63, 3.8) is 0 Å². The summed E-state index contributed by atoms with van der Waals surface area (Å²) in [6, 6.07) is 0. The number of hydrogen-bond donors (Lipinski definition) is 2. The zero-order valence-electron chi connectivity index (χ0n) is 9.40. The molecule has 0 saturated heterocycles. The van der Waals surface area contributed by atoms with Crippen LogP contribution in [0.15, 0.2) is 18.6 Å². The van der Waals surface area contributed by atoms with Crippen LogP contribution in [-0.2, 0) is 6.54 Å². The van der Waals surface area contributed by atoms with E-state index < -0.39 is 5.60 Å². The highest BCUT2D eigenvalue weighted by Crippen LogP contribution is 2.12. The van der Waals surface area contributed by atoms with Gasteiger partial charge in [0.05, 0.1) is 11.3 Å². The summed E-state index contributed by atoms with van der Waals surface area (Å²) in [6.07, 6.45) is 6.57. The lowest BCUT2D eigenvalue weighted by molar-refractivity contribution is 0.0322. The molecular formula is C11H19N3O. The van der Waals surface area contributed by atoms with Crippen molar-refractivity contribution in [3.05, 3.63) is 24.3 Å². The van der Waals surface area contributed by atoms with Gasteiger partial charge in [0, 0.05) is 31.7 Å². The molecule has 0 aliphatic heterocycles. The molecule has 1 aromatic rings. The van der Waals surface area contributed by atoms with Gasteiger partial charge in [-0.1, -0.05) is 13.8 Å². The average molecular weight is 209 g/mol. The summed E-state index contributed by atoms with van der Waals surface area (Å²) in [6.45, 7) is 5.23. The maximum absolute atomic E-state index is 10.0. The van der Waals surface area contributed by atoms with Crippen molar-refractivity contribution in [2.75, 3.05) is 6.54 Å². The molecule has 2 N–H and O–H groups in total. The Morgan fingerprint density at radius 2 is 2.07 bits per heavy atom. The van der Waals surface area contributed by atoms with Gasteiger partial charge in [-0.2, -0.15) is 0 Å². The quantitative estimate of drug-likeness (QED) is 0.737. The zero-order chi connectivity index (χ0) is 11.1. The molecule has 0 bridgehead atoms. The molecule has 0 unspecified atom stereocenters. The topological polar surface area (TPSA) is 58.0 Å². The fourth-order valence-corrected chi connectivity index (χ4v) is 1.34. The van der Waals surface area contributed by atoms with E-state index in [1.54, 1.807) is 18.6 Å². The Morgan fingerprint density at radius 1 is 1.33 bits per heavy atom. The Bertz CT molecular complexity index is 272. The summed E-state index contributed by atoms with van der Waals surface area (Å²) < 4.78 is 0. The van der Waals surface area contributed by atoms with Crippen LogP contribution in [-0.4, -0.2) is 27.2 Å². The first-order chi connectivity index (χ1) is 7.20. The number of nitrogens with zero attached hydrogens (tertiary/aromatic N) is 2. The van der Waals surface area contributed by atoms with Crippen LogP contribution in [0.4, 0.5) is 0 Å². The summed E-state index contributed by atoms with van der Waals surface area (Å²) in [4.78, 5) is 8.12. The fraction of sp³-hybridized carbons (Fsp3) is 0.636. The Hall–Kier alpha value is -1.00. The molecule has 15 heavy (non-hydrogen) atoms. The van der Waals surface area contributed by atoms with Crippen LogP contribution in [0.1, 0.15) is 32.4 Å². The van der Waals surface area contributed by atoms with Crippen LogP contribution >= 0.6 is 0 Å². The maximum atomic E-state index is 10.0. The smallest absolute Gasteiger partial charge is 0.0766 e. The highest BCUT2D eigenvalue weighted by Gasteiger charge is 2.20. The van der Waals surface area contributed by atoms with E-state index in [1.807, 2.05) is 13.8 Å². The van der Waals surface area contributed by atoms with E-state index in [4.69, 9.17) is 0 Å². The molecule has 84 valence electrons. The van der Waals surface area contributed by atoms with Crippen molar-refractivity contribution in [3.8, 4) is 0 Å². The van der Waals surface area contributed by atoms with Crippen molar-refractivity contribution < 1.29 is 5.11 Å². The highest BCUT2D eigenvalue weighted by atomic mass is 16.3. The van der Waals surface area contributed by atoms with Crippen LogP contribution in [0.5, 0.6) is 0 Å². The first kappa shape index (κ1) is 12.1. The van der Waals surface area contributed by atoms with Gasteiger partial charge < -0.3 is 10.4 Å². The van der Waals surface area contributed by atoms with Crippen LogP contribution in [0, 0.1) is 0 Å². The Morgan fingerprint density at radius 3 is 2.60 bits per heavy atom. The summed E-state index contributed by atoms with van der Waals surface area (Å²) in [5.41, 5.74) is 0.300. The van der Waals surface area contributed by atoms with Gasteiger partial charge in [0.1, 0.15) is 0 Å². The standard InChI is InChI=1S/C11H19N3O/c1-3-11(15,4-2)9-13-8-10-7-12-5-6-14-10/h5-7,13,15H,3-4,8-9H2,1-2H3. The van der Waals surface area contributed by atoms with E-state index in [0.29, 0.717) is 13.1 Å². The van der Waals surface area contributed by atoms with Gasteiger partial charge in [0.2, 0.25) is 0 Å². The van der Waals surface area contributed by atoms with E-state index >= 15 is 0 Å². The number of rotatable bonds is 6. The number of nitrogens with one attached hydrogen (secondary N) is 1. The van der Waals surface area contributed by atoms with E-state index in [2.05, 4.69) is 15.3 Å². The molecular weight excluding hydrogens is 190 g/mol. The van der Waals surface area contributed by atoms with E-state index in [1.165, 1.54) is 0 Å². The molecule has 4 nitrogen and oxygen atoms in total. The molecule has 0 aliphatic carbocycles. The molecule has 0 amide bonds. The van der Waals surface area contributed by atoms with Crippen molar-refractivity contribution in [2.24, 2.45) is 0 Å². The summed E-state index contributed by atoms with van der Waals surface area (Å²) in [5, 5.41) is 13.2. The second-order valence-corrected chi connectivity index (χ2v) is 3.73. The molecule has 1 rings (SSSR count). The third-order valence-electron chi connectivity index (χ3n) is 2.69. The molecule has 0 saturated carbocycles. The monoisotopic (exact) mass is 209 g/mol. The van der Waals surface area contributed by atoms with Gasteiger partial charge in [0.25, 0.3) is 0 Å². The Kier molecular flexibility index (Phi) is 4.65. The summed E-state index contributed by atoms with van der Waals surface area (Å²) >= 11 is 0. The molecule has 0 radical (unpaired) electrons. The second-order valence-electron chi connectivity index (χ2n) is 3.73. The average Bonchev–Trinajstić information content (AvgIpc) is 2.30. The molecule has 0 aliphatic rings. The largest absolute Gasteiger partial charge is 0.389 e. The Labute approximate surface area is 90.8 Å². The second kappa shape index (κ2) is 5.78. The molecule has 0 spiro atoms.